The molecular formula is C20H29NO2. The molecule has 0 aliphatic carbocycles. The van der Waals surface area contributed by atoms with Crippen LogP contribution in [0.1, 0.15) is 61.4 Å². The quantitative estimate of drug-likeness (QED) is 0.615. The number of unbranched alkanes of at least 4 members (excludes halogenated alkanes) is 3. The molecule has 3 rings (SSSR count). The van der Waals surface area contributed by atoms with Crippen LogP contribution in [0.3, 0.4) is 0 Å². The molecule has 1 aromatic rings. The molecule has 2 fully saturated rings. The van der Waals surface area contributed by atoms with Crippen molar-refractivity contribution in [2.45, 2.75) is 64.0 Å². The van der Waals surface area contributed by atoms with Crippen LogP contribution in [0.5, 0.6) is 0 Å². The Morgan fingerprint density at radius 3 is 2.43 bits per heavy atom. The van der Waals surface area contributed by atoms with Crippen LogP contribution >= 0.6 is 0 Å². The zero-order chi connectivity index (χ0) is 16.1. The molecule has 0 radical (unpaired) electrons. The van der Waals surface area contributed by atoms with Gasteiger partial charge in [-0.05, 0) is 31.2 Å². The summed E-state index contributed by atoms with van der Waals surface area (Å²) in [6.07, 6.45) is 8.09. The van der Waals surface area contributed by atoms with Crippen molar-refractivity contribution in [2.75, 3.05) is 13.2 Å². The average molecular weight is 315 g/mol. The minimum Gasteiger partial charge on any atom is -0.378 e. The number of nitrogens with one attached hydrogen (secondary N) is 1. The molecule has 3 nitrogen and oxygen atoms in total. The predicted molar refractivity (Wildman–Crippen MR) is 92.9 cm³/mol. The summed E-state index contributed by atoms with van der Waals surface area (Å²) in [5, 5.41) is 3.55. The molecule has 0 aromatic heterocycles. The van der Waals surface area contributed by atoms with Gasteiger partial charge in [-0.3, -0.25) is 4.79 Å². The van der Waals surface area contributed by atoms with Crippen molar-refractivity contribution < 1.29 is 9.53 Å². The lowest BCUT2D eigenvalue weighted by atomic mass is 9.82. The highest BCUT2D eigenvalue weighted by Gasteiger charge is 2.35. The predicted octanol–water partition coefficient (Wildman–Crippen LogP) is 3.76. The maximum absolute atomic E-state index is 12.8. The maximum Gasteiger partial charge on any atom is 0.166 e. The molecule has 2 atom stereocenters. The summed E-state index contributed by atoms with van der Waals surface area (Å²) in [7, 11) is 0. The summed E-state index contributed by atoms with van der Waals surface area (Å²) >= 11 is 0. The highest BCUT2D eigenvalue weighted by molar-refractivity contribution is 5.98. The zero-order valence-corrected chi connectivity index (χ0v) is 14.2. The molecule has 0 amide bonds. The van der Waals surface area contributed by atoms with Gasteiger partial charge in [0.2, 0.25) is 0 Å². The van der Waals surface area contributed by atoms with Crippen molar-refractivity contribution in [1.82, 2.24) is 5.32 Å². The molecule has 23 heavy (non-hydrogen) atoms. The minimum absolute atomic E-state index is 0.158. The Labute approximate surface area is 139 Å². The number of hydrogen-bond donors (Lipinski definition) is 1. The Balaban J connectivity index is 1.55. The Morgan fingerprint density at radius 1 is 1.09 bits per heavy atom. The molecule has 1 aromatic carbocycles. The van der Waals surface area contributed by atoms with Crippen molar-refractivity contribution in [3.63, 3.8) is 0 Å². The van der Waals surface area contributed by atoms with Crippen LogP contribution in [-0.2, 0) is 11.2 Å². The Morgan fingerprint density at radius 2 is 1.78 bits per heavy atom. The lowest BCUT2D eigenvalue weighted by molar-refractivity contribution is 0.00953. The van der Waals surface area contributed by atoms with Crippen LogP contribution in [-0.4, -0.2) is 31.1 Å². The number of fused-ring (bicyclic) bond motifs is 2. The van der Waals surface area contributed by atoms with E-state index in [4.69, 9.17) is 4.74 Å². The lowest BCUT2D eigenvalue weighted by Gasteiger charge is -2.39. The van der Waals surface area contributed by atoms with E-state index < -0.39 is 0 Å². The fourth-order valence-electron chi connectivity index (χ4n) is 3.88. The second-order valence-corrected chi connectivity index (χ2v) is 7.14. The number of ether oxygens (including phenoxy) is 1. The first-order chi connectivity index (χ1) is 11.3. The van der Waals surface area contributed by atoms with Crippen LogP contribution < -0.4 is 5.32 Å². The molecule has 2 bridgehead atoms. The molecule has 3 heteroatoms. The van der Waals surface area contributed by atoms with E-state index in [9.17, 15) is 4.79 Å². The largest absolute Gasteiger partial charge is 0.378 e. The number of piperidine rings is 1. The van der Waals surface area contributed by atoms with E-state index in [2.05, 4.69) is 24.4 Å². The van der Waals surface area contributed by atoms with Crippen LogP contribution in [0.4, 0.5) is 0 Å². The third-order valence-corrected chi connectivity index (χ3v) is 5.18. The van der Waals surface area contributed by atoms with E-state index >= 15 is 0 Å². The molecule has 0 spiro atoms. The van der Waals surface area contributed by atoms with Crippen LogP contribution in [0, 0.1) is 5.92 Å². The van der Waals surface area contributed by atoms with Crippen LogP contribution in [0.15, 0.2) is 24.3 Å². The van der Waals surface area contributed by atoms with Crippen molar-refractivity contribution in [3.05, 3.63) is 35.4 Å². The van der Waals surface area contributed by atoms with Crippen molar-refractivity contribution >= 4 is 5.78 Å². The van der Waals surface area contributed by atoms with E-state index in [0.717, 1.165) is 38.0 Å². The van der Waals surface area contributed by atoms with Gasteiger partial charge in [-0.2, -0.15) is 0 Å². The molecule has 1 N–H and O–H groups in total. The van der Waals surface area contributed by atoms with Gasteiger partial charge in [-0.1, -0.05) is 50.5 Å². The average Bonchev–Trinajstić information content (AvgIpc) is 2.58. The number of aryl methyl sites for hydroxylation is 1. The number of Topliss-reactive ketones (excluding diaryl/α,β-unsaturated/α-hetero) is 1. The van der Waals surface area contributed by atoms with E-state index in [1.807, 2.05) is 12.1 Å². The molecular weight excluding hydrogens is 286 g/mol. The molecule has 2 unspecified atom stereocenters. The third kappa shape index (κ3) is 4.42. The minimum atomic E-state index is 0.158. The number of carbonyl (C=O) groups excluding carboxylic acids is 1. The van der Waals surface area contributed by atoms with Crippen molar-refractivity contribution in [1.29, 1.82) is 0 Å². The molecule has 2 aliphatic heterocycles. The number of ketones is 1. The number of benzene rings is 1. The summed E-state index contributed by atoms with van der Waals surface area (Å²) in [5.74, 6) is 0.478. The lowest BCUT2D eigenvalue weighted by Crippen LogP contribution is -2.55. The number of morpholine rings is 1. The normalized spacial score (nSPS) is 26.9. The smallest absolute Gasteiger partial charge is 0.166 e. The SMILES string of the molecule is CCCCCCc1ccc(C(=O)C2CC3COCC(C2)N3)cc1. The topological polar surface area (TPSA) is 38.3 Å². The first-order valence-electron chi connectivity index (χ1n) is 9.23. The van der Waals surface area contributed by atoms with E-state index in [1.165, 1.54) is 31.2 Å². The fraction of sp³-hybridized carbons (Fsp3) is 0.650. The highest BCUT2D eigenvalue weighted by Crippen LogP contribution is 2.27. The van der Waals surface area contributed by atoms with Gasteiger partial charge < -0.3 is 10.1 Å². The Hall–Kier alpha value is -1.19. The molecule has 0 saturated carbocycles. The van der Waals surface area contributed by atoms with Crippen molar-refractivity contribution in [2.24, 2.45) is 5.92 Å². The van der Waals surface area contributed by atoms with Gasteiger partial charge >= 0.3 is 0 Å². The van der Waals surface area contributed by atoms with Gasteiger partial charge in [0.1, 0.15) is 0 Å². The van der Waals surface area contributed by atoms with E-state index in [-0.39, 0.29) is 5.92 Å². The maximum atomic E-state index is 12.8. The van der Waals surface area contributed by atoms with Crippen LogP contribution in [0.25, 0.3) is 0 Å². The van der Waals surface area contributed by atoms with Gasteiger partial charge in [-0.15, -0.1) is 0 Å². The highest BCUT2D eigenvalue weighted by atomic mass is 16.5. The number of rotatable bonds is 7. The summed E-state index contributed by atoms with van der Waals surface area (Å²) in [6.45, 7) is 3.73. The van der Waals surface area contributed by atoms with E-state index in [1.54, 1.807) is 0 Å². The number of hydrogen-bond acceptors (Lipinski definition) is 3. The Bertz CT molecular complexity index is 499. The molecule has 2 saturated heterocycles. The monoisotopic (exact) mass is 315 g/mol. The molecule has 2 heterocycles. The third-order valence-electron chi connectivity index (χ3n) is 5.18. The molecule has 2 aliphatic rings. The number of carbonyl (C=O) groups is 1. The summed E-state index contributed by atoms with van der Waals surface area (Å²) in [4.78, 5) is 12.8. The standard InChI is InChI=1S/C20H29NO2/c1-2-3-4-5-6-15-7-9-16(10-8-15)20(22)17-11-18-13-23-14-19(12-17)21-18/h7-10,17-19,21H,2-6,11-14H2,1H3. The van der Waals surface area contributed by atoms with E-state index in [0.29, 0.717) is 17.9 Å². The van der Waals surface area contributed by atoms with Gasteiger partial charge in [0, 0.05) is 23.6 Å². The summed E-state index contributed by atoms with van der Waals surface area (Å²) in [5.41, 5.74) is 2.24. The van der Waals surface area contributed by atoms with Gasteiger partial charge in [-0.25, -0.2) is 0 Å². The van der Waals surface area contributed by atoms with Gasteiger partial charge in [0.25, 0.3) is 0 Å². The van der Waals surface area contributed by atoms with Crippen molar-refractivity contribution in [3.8, 4) is 0 Å². The second kappa shape index (κ2) is 8.07. The molecule has 126 valence electrons. The zero-order valence-electron chi connectivity index (χ0n) is 14.2. The first-order valence-corrected chi connectivity index (χ1v) is 9.23. The van der Waals surface area contributed by atoms with Gasteiger partial charge in [0.15, 0.2) is 5.78 Å². The second-order valence-electron chi connectivity index (χ2n) is 7.14. The summed E-state index contributed by atoms with van der Waals surface area (Å²) < 4.78 is 5.57. The Kier molecular flexibility index (Phi) is 5.85. The summed E-state index contributed by atoms with van der Waals surface area (Å²) in [6, 6.07) is 9.06. The van der Waals surface area contributed by atoms with Gasteiger partial charge in [0.05, 0.1) is 13.2 Å². The first kappa shape index (κ1) is 16.7. The fourth-order valence-corrected chi connectivity index (χ4v) is 3.88. The van der Waals surface area contributed by atoms with Crippen LogP contribution in [0.2, 0.25) is 0 Å².